The average molecular weight is 305 g/mol. The molecule has 0 aliphatic carbocycles. The first-order valence-corrected chi connectivity index (χ1v) is 9.22. The van der Waals surface area contributed by atoms with E-state index in [-0.39, 0.29) is 5.25 Å². The fourth-order valence-corrected chi connectivity index (χ4v) is 4.26. The van der Waals surface area contributed by atoms with Crippen molar-refractivity contribution in [3.05, 3.63) is 0 Å². The van der Waals surface area contributed by atoms with Crippen LogP contribution < -0.4 is 5.32 Å². The molecule has 0 aromatic carbocycles. The summed E-state index contributed by atoms with van der Waals surface area (Å²) in [7, 11) is 1.01. The molecule has 1 atom stereocenters. The molecule has 0 aromatic rings. The summed E-state index contributed by atoms with van der Waals surface area (Å²) >= 11 is 0. The number of sulfonamides is 1. The van der Waals surface area contributed by atoms with Crippen LogP contribution in [0.25, 0.3) is 0 Å². The van der Waals surface area contributed by atoms with Gasteiger partial charge in [-0.15, -0.1) is 0 Å². The van der Waals surface area contributed by atoms with Gasteiger partial charge in [-0.1, -0.05) is 6.92 Å². The summed E-state index contributed by atoms with van der Waals surface area (Å²) in [5.74, 6) is 0.630. The van der Waals surface area contributed by atoms with Crippen molar-refractivity contribution < 1.29 is 8.42 Å². The highest BCUT2D eigenvalue weighted by Gasteiger charge is 2.31. The van der Waals surface area contributed by atoms with Crippen molar-refractivity contribution in [2.24, 2.45) is 5.92 Å². The van der Waals surface area contributed by atoms with E-state index in [0.717, 1.165) is 32.4 Å². The molecule has 1 saturated heterocycles. The van der Waals surface area contributed by atoms with Crippen molar-refractivity contribution in [1.82, 2.24) is 14.5 Å². The molecule has 0 bridgehead atoms. The van der Waals surface area contributed by atoms with Crippen molar-refractivity contribution in [1.29, 1.82) is 0 Å². The van der Waals surface area contributed by atoms with Crippen LogP contribution in [0.3, 0.4) is 0 Å². The third-order valence-electron chi connectivity index (χ3n) is 3.92. The molecule has 0 saturated carbocycles. The Hall–Kier alpha value is -0.170. The summed E-state index contributed by atoms with van der Waals surface area (Å²) in [6.07, 6.45) is 2.99. The molecule has 1 N–H and O–H groups in total. The molecular weight excluding hydrogens is 274 g/mol. The van der Waals surface area contributed by atoms with Crippen LogP contribution in [0.1, 0.15) is 33.1 Å². The number of hydrogen-bond donors (Lipinski definition) is 1. The summed E-state index contributed by atoms with van der Waals surface area (Å²) < 4.78 is 26.7. The lowest BCUT2D eigenvalue weighted by molar-refractivity contribution is 0.224. The Bertz CT molecular complexity index is 363. The van der Waals surface area contributed by atoms with Crippen molar-refractivity contribution in [2.45, 2.75) is 38.4 Å². The first-order chi connectivity index (χ1) is 9.37. The molecule has 1 unspecified atom stereocenters. The lowest BCUT2D eigenvalue weighted by atomic mass is 9.98. The molecule has 5 nitrogen and oxygen atoms in total. The lowest BCUT2D eigenvalue weighted by Gasteiger charge is -2.34. The summed E-state index contributed by atoms with van der Waals surface area (Å²) in [5.41, 5.74) is 0. The second kappa shape index (κ2) is 8.32. The highest BCUT2D eigenvalue weighted by molar-refractivity contribution is 7.89. The molecule has 0 amide bonds. The molecule has 0 spiro atoms. The Labute approximate surface area is 124 Å². The minimum atomic E-state index is -3.14. The van der Waals surface area contributed by atoms with Crippen LogP contribution in [0.2, 0.25) is 0 Å². The largest absolute Gasteiger partial charge is 0.315 e. The van der Waals surface area contributed by atoms with Crippen LogP contribution in [-0.4, -0.2) is 69.7 Å². The molecule has 0 radical (unpaired) electrons. The third kappa shape index (κ3) is 5.31. The highest BCUT2D eigenvalue weighted by Crippen LogP contribution is 2.21. The molecule has 1 aliphatic rings. The van der Waals surface area contributed by atoms with Gasteiger partial charge in [0.15, 0.2) is 0 Å². The minimum absolute atomic E-state index is 0.334. The maximum absolute atomic E-state index is 12.5. The van der Waals surface area contributed by atoms with E-state index in [0.29, 0.717) is 25.6 Å². The molecule has 1 heterocycles. The summed E-state index contributed by atoms with van der Waals surface area (Å²) in [4.78, 5) is 2.19. The van der Waals surface area contributed by atoms with Crippen LogP contribution in [0.5, 0.6) is 0 Å². The standard InChI is InChI=1S/C14H31N3O2S/c1-5-8-15-11-13(2)20(18,19)17-9-6-14(7-10-17)12-16(3)4/h13-15H,5-12H2,1-4H3. The van der Waals surface area contributed by atoms with E-state index in [9.17, 15) is 8.42 Å². The van der Waals surface area contributed by atoms with Gasteiger partial charge in [-0.2, -0.15) is 0 Å². The quantitative estimate of drug-likeness (QED) is 0.679. The van der Waals surface area contributed by atoms with Gasteiger partial charge >= 0.3 is 0 Å². The predicted molar refractivity (Wildman–Crippen MR) is 84.4 cm³/mol. The van der Waals surface area contributed by atoms with Crippen molar-refractivity contribution in [3.8, 4) is 0 Å². The number of nitrogens with zero attached hydrogens (tertiary/aromatic N) is 2. The van der Waals surface area contributed by atoms with Crippen molar-refractivity contribution in [3.63, 3.8) is 0 Å². The first kappa shape index (κ1) is 17.9. The maximum atomic E-state index is 12.5. The van der Waals surface area contributed by atoms with Crippen LogP contribution in [-0.2, 0) is 10.0 Å². The van der Waals surface area contributed by atoms with E-state index in [1.807, 2.05) is 6.92 Å². The molecule has 20 heavy (non-hydrogen) atoms. The van der Waals surface area contributed by atoms with Crippen molar-refractivity contribution >= 4 is 10.0 Å². The number of hydrogen-bond acceptors (Lipinski definition) is 4. The minimum Gasteiger partial charge on any atom is -0.315 e. The van der Waals surface area contributed by atoms with Gasteiger partial charge in [-0.05, 0) is 52.7 Å². The van der Waals surface area contributed by atoms with Crippen molar-refractivity contribution in [2.75, 3.05) is 46.8 Å². The second-order valence-electron chi connectivity index (χ2n) is 6.16. The van der Waals surface area contributed by atoms with Gasteiger partial charge in [-0.3, -0.25) is 0 Å². The predicted octanol–water partition coefficient (Wildman–Crippen LogP) is 0.978. The highest BCUT2D eigenvalue weighted by atomic mass is 32.2. The van der Waals surface area contributed by atoms with E-state index in [1.54, 1.807) is 4.31 Å². The summed E-state index contributed by atoms with van der Waals surface area (Å²) in [5, 5.41) is 2.87. The van der Waals surface area contributed by atoms with Gasteiger partial charge in [0.2, 0.25) is 10.0 Å². The fourth-order valence-electron chi connectivity index (χ4n) is 2.70. The van der Waals surface area contributed by atoms with E-state index in [1.165, 1.54) is 0 Å². The fraction of sp³-hybridized carbons (Fsp3) is 1.00. The zero-order valence-electron chi connectivity index (χ0n) is 13.4. The summed E-state index contributed by atoms with van der Waals surface area (Å²) in [6, 6.07) is 0. The SMILES string of the molecule is CCCNCC(C)S(=O)(=O)N1CCC(CN(C)C)CC1. The van der Waals surface area contributed by atoms with Crippen LogP contribution >= 0.6 is 0 Å². The Morgan fingerprint density at radius 2 is 1.90 bits per heavy atom. The first-order valence-electron chi connectivity index (χ1n) is 7.72. The van der Waals surface area contributed by atoms with E-state index >= 15 is 0 Å². The zero-order chi connectivity index (χ0) is 15.2. The Morgan fingerprint density at radius 3 is 2.40 bits per heavy atom. The van der Waals surface area contributed by atoms with Gasteiger partial charge in [0.25, 0.3) is 0 Å². The van der Waals surface area contributed by atoms with Crippen LogP contribution in [0.4, 0.5) is 0 Å². The molecule has 120 valence electrons. The van der Waals surface area contributed by atoms with Gasteiger partial charge in [0, 0.05) is 26.2 Å². The third-order valence-corrected chi connectivity index (χ3v) is 6.19. The molecule has 1 aliphatic heterocycles. The van der Waals surface area contributed by atoms with Gasteiger partial charge in [0.05, 0.1) is 5.25 Å². The van der Waals surface area contributed by atoms with Crippen LogP contribution in [0, 0.1) is 5.92 Å². The Balaban J connectivity index is 2.45. The number of nitrogens with one attached hydrogen (secondary N) is 1. The van der Waals surface area contributed by atoms with Crippen LogP contribution in [0.15, 0.2) is 0 Å². The zero-order valence-corrected chi connectivity index (χ0v) is 14.2. The van der Waals surface area contributed by atoms with E-state index in [4.69, 9.17) is 0 Å². The normalized spacial score (nSPS) is 20.4. The molecule has 1 rings (SSSR count). The van der Waals surface area contributed by atoms with E-state index in [2.05, 4.69) is 31.2 Å². The maximum Gasteiger partial charge on any atom is 0.217 e. The van der Waals surface area contributed by atoms with E-state index < -0.39 is 10.0 Å². The average Bonchev–Trinajstić information content (AvgIpc) is 2.38. The summed E-state index contributed by atoms with van der Waals surface area (Å²) in [6.45, 7) is 7.74. The van der Waals surface area contributed by atoms with Gasteiger partial charge in [0.1, 0.15) is 0 Å². The lowest BCUT2D eigenvalue weighted by Crippen LogP contribution is -2.46. The monoisotopic (exact) mass is 305 g/mol. The number of piperidine rings is 1. The Kier molecular flexibility index (Phi) is 7.43. The molecule has 1 fully saturated rings. The molecule has 0 aromatic heterocycles. The smallest absolute Gasteiger partial charge is 0.217 e. The van der Waals surface area contributed by atoms with Gasteiger partial charge in [-0.25, -0.2) is 12.7 Å². The molecule has 6 heteroatoms. The second-order valence-corrected chi connectivity index (χ2v) is 8.52. The topological polar surface area (TPSA) is 52.7 Å². The van der Waals surface area contributed by atoms with Gasteiger partial charge < -0.3 is 10.2 Å². The Morgan fingerprint density at radius 1 is 1.30 bits per heavy atom. The molecular formula is C14H31N3O2S. The number of rotatable bonds is 8.